The second-order valence-corrected chi connectivity index (χ2v) is 4.02. The van der Waals surface area contributed by atoms with Crippen LogP contribution in [0.5, 0.6) is 5.75 Å². The van der Waals surface area contributed by atoms with Crippen LogP contribution in [-0.4, -0.2) is 30.2 Å². The van der Waals surface area contributed by atoms with E-state index in [0.29, 0.717) is 5.69 Å². The molecule has 0 atom stereocenters. The summed E-state index contributed by atoms with van der Waals surface area (Å²) in [5.74, 6) is -0.287. The molecule has 0 bridgehead atoms. The van der Waals surface area contributed by atoms with Crippen molar-refractivity contribution < 1.29 is 19.1 Å². The SMILES string of the molecule is COc1cc(NC(=O)OC(C)C)cnc1C(=O)NS. The Labute approximate surface area is 116 Å². The van der Waals surface area contributed by atoms with Crippen molar-refractivity contribution >= 4 is 30.5 Å². The van der Waals surface area contributed by atoms with Gasteiger partial charge in [0.05, 0.1) is 25.1 Å². The number of rotatable bonds is 4. The van der Waals surface area contributed by atoms with Gasteiger partial charge in [-0.2, -0.15) is 0 Å². The zero-order valence-corrected chi connectivity index (χ0v) is 11.7. The maximum Gasteiger partial charge on any atom is 0.411 e. The second-order valence-electron chi connectivity index (χ2n) is 3.79. The monoisotopic (exact) mass is 285 g/mol. The van der Waals surface area contributed by atoms with Crippen molar-refractivity contribution in [3.8, 4) is 5.75 Å². The van der Waals surface area contributed by atoms with E-state index in [4.69, 9.17) is 9.47 Å². The lowest BCUT2D eigenvalue weighted by atomic mass is 10.3. The molecule has 2 amide bonds. The number of carbonyl (C=O) groups is 2. The number of amides is 2. The van der Waals surface area contributed by atoms with Crippen molar-refractivity contribution in [2.75, 3.05) is 12.4 Å². The summed E-state index contributed by atoms with van der Waals surface area (Å²) >= 11 is 3.65. The Hall–Kier alpha value is -1.96. The summed E-state index contributed by atoms with van der Waals surface area (Å²) in [5, 5.41) is 2.48. The zero-order chi connectivity index (χ0) is 14.4. The summed E-state index contributed by atoms with van der Waals surface area (Å²) in [6.45, 7) is 3.47. The maximum absolute atomic E-state index is 11.4. The minimum Gasteiger partial charge on any atom is -0.494 e. The van der Waals surface area contributed by atoms with Crippen molar-refractivity contribution in [1.29, 1.82) is 0 Å². The summed E-state index contributed by atoms with van der Waals surface area (Å²) in [4.78, 5) is 26.7. The lowest BCUT2D eigenvalue weighted by Gasteiger charge is -2.11. The van der Waals surface area contributed by atoms with Crippen LogP contribution in [0.15, 0.2) is 12.3 Å². The predicted octanol–water partition coefficient (Wildman–Crippen LogP) is 1.62. The van der Waals surface area contributed by atoms with Gasteiger partial charge in [-0.15, -0.1) is 0 Å². The molecule has 0 radical (unpaired) electrons. The first-order chi connectivity index (χ1) is 8.97. The normalized spacial score (nSPS) is 9.95. The van der Waals surface area contributed by atoms with E-state index < -0.39 is 12.0 Å². The van der Waals surface area contributed by atoms with Gasteiger partial charge in [-0.1, -0.05) is 12.8 Å². The molecule has 0 aliphatic rings. The third-order valence-electron chi connectivity index (χ3n) is 1.98. The topological polar surface area (TPSA) is 89.6 Å². The molecule has 1 aromatic heterocycles. The van der Waals surface area contributed by atoms with Gasteiger partial charge in [0.2, 0.25) is 0 Å². The number of hydrogen-bond donors (Lipinski definition) is 3. The molecular weight excluding hydrogens is 270 g/mol. The fourth-order valence-electron chi connectivity index (χ4n) is 1.25. The maximum atomic E-state index is 11.4. The minimum absolute atomic E-state index is 0.0697. The number of anilines is 1. The number of hydrogen-bond acceptors (Lipinski definition) is 6. The quantitative estimate of drug-likeness (QED) is 0.731. The molecule has 1 heterocycles. The molecule has 104 valence electrons. The Morgan fingerprint density at radius 3 is 2.63 bits per heavy atom. The highest BCUT2D eigenvalue weighted by molar-refractivity contribution is 7.78. The van der Waals surface area contributed by atoms with Crippen LogP contribution in [0.2, 0.25) is 0 Å². The lowest BCUT2D eigenvalue weighted by Crippen LogP contribution is -2.19. The number of pyridine rings is 1. The van der Waals surface area contributed by atoms with Gasteiger partial charge in [-0.25, -0.2) is 9.78 Å². The summed E-state index contributed by atoms with van der Waals surface area (Å²) in [7, 11) is 1.39. The number of nitrogens with zero attached hydrogens (tertiary/aromatic N) is 1. The molecule has 0 aliphatic carbocycles. The van der Waals surface area contributed by atoms with Crippen LogP contribution >= 0.6 is 12.8 Å². The molecule has 0 spiro atoms. The summed E-state index contributed by atoms with van der Waals surface area (Å²) in [6, 6.07) is 1.47. The van der Waals surface area contributed by atoms with Crippen LogP contribution in [0.3, 0.4) is 0 Å². The summed E-state index contributed by atoms with van der Waals surface area (Å²) < 4.78 is 12.1. The Morgan fingerprint density at radius 2 is 2.11 bits per heavy atom. The average molecular weight is 285 g/mol. The van der Waals surface area contributed by atoms with E-state index in [9.17, 15) is 9.59 Å². The molecular formula is C11H15N3O4S. The van der Waals surface area contributed by atoms with Crippen molar-refractivity contribution in [1.82, 2.24) is 9.71 Å². The lowest BCUT2D eigenvalue weighted by molar-refractivity contribution is 0.0977. The number of thiol groups is 1. The number of nitrogens with one attached hydrogen (secondary N) is 2. The third kappa shape index (κ3) is 4.32. The molecule has 2 N–H and O–H groups in total. The summed E-state index contributed by atoms with van der Waals surface area (Å²) in [5.41, 5.74) is 0.429. The van der Waals surface area contributed by atoms with Gasteiger partial charge >= 0.3 is 6.09 Å². The highest BCUT2D eigenvalue weighted by atomic mass is 32.1. The van der Waals surface area contributed by atoms with Crippen molar-refractivity contribution in [2.24, 2.45) is 0 Å². The molecule has 8 heteroatoms. The van der Waals surface area contributed by atoms with Gasteiger partial charge in [0.1, 0.15) is 0 Å². The van der Waals surface area contributed by atoms with Gasteiger partial charge in [0.15, 0.2) is 11.4 Å². The summed E-state index contributed by atoms with van der Waals surface area (Å²) in [6.07, 6.45) is 0.483. The van der Waals surface area contributed by atoms with Gasteiger partial charge in [-0.3, -0.25) is 14.8 Å². The highest BCUT2D eigenvalue weighted by Crippen LogP contribution is 2.20. The van der Waals surface area contributed by atoms with Crippen molar-refractivity contribution in [2.45, 2.75) is 20.0 Å². The van der Waals surface area contributed by atoms with Gasteiger partial charge in [-0.05, 0) is 13.8 Å². The first kappa shape index (κ1) is 15.1. The molecule has 0 unspecified atom stereocenters. The van der Waals surface area contributed by atoms with Crippen LogP contribution in [0.1, 0.15) is 24.3 Å². The van der Waals surface area contributed by atoms with Crippen molar-refractivity contribution in [3.63, 3.8) is 0 Å². The third-order valence-corrected chi connectivity index (χ3v) is 2.18. The highest BCUT2D eigenvalue weighted by Gasteiger charge is 2.15. The van der Waals surface area contributed by atoms with Crippen LogP contribution in [0.25, 0.3) is 0 Å². The fraction of sp³-hybridized carbons (Fsp3) is 0.364. The Balaban J connectivity index is 2.88. The molecule has 1 rings (SSSR count). The van der Waals surface area contributed by atoms with Crippen LogP contribution in [0.4, 0.5) is 10.5 Å². The molecule has 1 aromatic rings. The molecule has 0 saturated carbocycles. The van der Waals surface area contributed by atoms with E-state index in [1.807, 2.05) is 0 Å². The molecule has 19 heavy (non-hydrogen) atoms. The zero-order valence-electron chi connectivity index (χ0n) is 10.8. The van der Waals surface area contributed by atoms with Crippen LogP contribution < -0.4 is 14.8 Å². The first-order valence-electron chi connectivity index (χ1n) is 5.44. The number of aromatic nitrogens is 1. The first-order valence-corrected chi connectivity index (χ1v) is 5.88. The van der Waals surface area contributed by atoms with E-state index >= 15 is 0 Å². The van der Waals surface area contributed by atoms with Gasteiger partial charge in [0.25, 0.3) is 5.91 Å². The van der Waals surface area contributed by atoms with Crippen molar-refractivity contribution in [3.05, 3.63) is 18.0 Å². The van der Waals surface area contributed by atoms with E-state index in [0.717, 1.165) is 0 Å². The number of ether oxygens (including phenoxy) is 2. The second kappa shape index (κ2) is 6.83. The smallest absolute Gasteiger partial charge is 0.411 e. The van der Waals surface area contributed by atoms with E-state index in [-0.39, 0.29) is 17.5 Å². The number of methoxy groups -OCH3 is 1. The largest absolute Gasteiger partial charge is 0.494 e. The van der Waals surface area contributed by atoms with Gasteiger partial charge in [0, 0.05) is 6.07 Å². The Bertz CT molecular complexity index is 479. The van der Waals surface area contributed by atoms with Crippen LogP contribution in [0, 0.1) is 0 Å². The Kier molecular flexibility index (Phi) is 5.43. The number of carbonyl (C=O) groups excluding carboxylic acids is 2. The molecule has 0 saturated heterocycles. The minimum atomic E-state index is -0.606. The molecule has 7 nitrogen and oxygen atoms in total. The average Bonchev–Trinajstić information content (AvgIpc) is 2.36. The molecule has 0 aliphatic heterocycles. The standard InChI is InChI=1S/C11H15N3O4S/c1-6(2)18-11(16)13-7-4-8(17-3)9(12-5-7)10(15)14-19/h4-6,19H,1-3H3,(H,13,16)(H,14,15). The van der Waals surface area contributed by atoms with Gasteiger partial charge < -0.3 is 9.47 Å². The molecule has 0 aromatic carbocycles. The fourth-order valence-corrected chi connectivity index (χ4v) is 1.36. The van der Waals surface area contributed by atoms with E-state index in [1.54, 1.807) is 13.8 Å². The Morgan fingerprint density at radius 1 is 1.42 bits per heavy atom. The predicted molar refractivity (Wildman–Crippen MR) is 72.5 cm³/mol. The van der Waals surface area contributed by atoms with Crippen LogP contribution in [-0.2, 0) is 4.74 Å². The molecule has 0 fully saturated rings. The van der Waals surface area contributed by atoms with E-state index in [1.165, 1.54) is 19.4 Å². The van der Waals surface area contributed by atoms with E-state index in [2.05, 4.69) is 27.8 Å².